The van der Waals surface area contributed by atoms with Crippen LogP contribution in [0.2, 0.25) is 0 Å². The van der Waals surface area contributed by atoms with Gasteiger partial charge in [-0.15, -0.1) is 23.2 Å². The number of alkyl halides is 2. The molecular formula is C8H17Cl2N2OP. The smallest absolute Gasteiger partial charge is 0.128 e. The van der Waals surface area contributed by atoms with Crippen LogP contribution < -0.4 is 5.09 Å². The number of rotatable bonds is 5. The predicted molar refractivity (Wildman–Crippen MR) is 65.6 cm³/mol. The third kappa shape index (κ3) is 3.41. The summed E-state index contributed by atoms with van der Waals surface area (Å²) in [5.41, 5.74) is 0. The van der Waals surface area contributed by atoms with Gasteiger partial charge in [0, 0.05) is 31.4 Å². The molecular weight excluding hydrogens is 242 g/mol. The Morgan fingerprint density at radius 2 is 2.00 bits per heavy atom. The van der Waals surface area contributed by atoms with Gasteiger partial charge in [0.1, 0.15) is 7.41 Å². The van der Waals surface area contributed by atoms with E-state index in [2.05, 4.69) is 16.1 Å². The van der Waals surface area contributed by atoms with Crippen molar-refractivity contribution >= 4 is 36.9 Å². The standard InChI is InChI=1S/C8H17Cl2N2OP/c1-14(11-5-2-8-13-14)12(6-3-9)7-4-10/h11H,1-8H2. The van der Waals surface area contributed by atoms with Crippen molar-refractivity contribution in [3.05, 3.63) is 0 Å². The van der Waals surface area contributed by atoms with E-state index in [1.165, 1.54) is 0 Å². The maximum atomic E-state index is 5.74. The van der Waals surface area contributed by atoms with Crippen molar-refractivity contribution in [3.8, 4) is 0 Å². The summed E-state index contributed by atoms with van der Waals surface area (Å²) in [6.07, 6.45) is 5.20. The van der Waals surface area contributed by atoms with Gasteiger partial charge in [0.2, 0.25) is 0 Å². The topological polar surface area (TPSA) is 24.5 Å². The van der Waals surface area contributed by atoms with Gasteiger partial charge in [-0.3, -0.25) is 5.09 Å². The minimum absolute atomic E-state index is 0.583. The van der Waals surface area contributed by atoms with Crippen molar-refractivity contribution in [2.24, 2.45) is 0 Å². The van der Waals surface area contributed by atoms with Crippen LogP contribution in [0.3, 0.4) is 0 Å². The molecule has 1 fully saturated rings. The van der Waals surface area contributed by atoms with Crippen LogP contribution >= 0.6 is 30.6 Å². The molecule has 1 aliphatic heterocycles. The second kappa shape index (κ2) is 6.37. The first-order valence-corrected chi connectivity index (χ1v) is 7.65. The lowest BCUT2D eigenvalue weighted by Crippen LogP contribution is -2.36. The van der Waals surface area contributed by atoms with Crippen LogP contribution in [-0.4, -0.2) is 49.0 Å². The molecule has 0 bridgehead atoms. The van der Waals surface area contributed by atoms with Crippen LogP contribution in [0.15, 0.2) is 0 Å². The molecule has 6 heteroatoms. The Hall–Kier alpha value is 0.760. The highest BCUT2D eigenvalue weighted by molar-refractivity contribution is 7.64. The molecule has 1 N–H and O–H groups in total. The van der Waals surface area contributed by atoms with Gasteiger partial charge >= 0.3 is 0 Å². The quantitative estimate of drug-likeness (QED) is 0.603. The van der Waals surface area contributed by atoms with E-state index < -0.39 is 7.41 Å². The summed E-state index contributed by atoms with van der Waals surface area (Å²) in [4.78, 5) is 0. The molecule has 0 radical (unpaired) electrons. The van der Waals surface area contributed by atoms with E-state index in [9.17, 15) is 0 Å². The average molecular weight is 259 g/mol. The molecule has 1 saturated heterocycles. The zero-order chi connectivity index (χ0) is 10.4. The third-order valence-electron chi connectivity index (χ3n) is 2.13. The SMILES string of the molecule is C=P1(N(CCCl)CCCl)NCCCO1. The van der Waals surface area contributed by atoms with Crippen molar-refractivity contribution in [1.29, 1.82) is 0 Å². The summed E-state index contributed by atoms with van der Waals surface area (Å²) < 4.78 is 7.88. The van der Waals surface area contributed by atoms with Crippen molar-refractivity contribution in [2.45, 2.75) is 6.42 Å². The fourth-order valence-corrected chi connectivity index (χ4v) is 4.28. The molecule has 0 aromatic carbocycles. The van der Waals surface area contributed by atoms with E-state index in [1.54, 1.807) is 0 Å². The van der Waals surface area contributed by atoms with Gasteiger partial charge in [0.25, 0.3) is 0 Å². The van der Waals surface area contributed by atoms with Crippen molar-refractivity contribution in [2.75, 3.05) is 38.0 Å². The first-order chi connectivity index (χ1) is 6.73. The summed E-state index contributed by atoms with van der Waals surface area (Å²) in [7, 11) is -1.84. The first kappa shape index (κ1) is 12.8. The highest BCUT2D eigenvalue weighted by Gasteiger charge is 2.25. The summed E-state index contributed by atoms with van der Waals surface area (Å²) >= 11 is 11.5. The Kier molecular flexibility index (Phi) is 5.83. The predicted octanol–water partition coefficient (Wildman–Crippen LogP) is 1.97. The van der Waals surface area contributed by atoms with Gasteiger partial charge in [0.15, 0.2) is 0 Å². The fourth-order valence-electron chi connectivity index (χ4n) is 1.40. The van der Waals surface area contributed by atoms with Crippen LogP contribution in [0.5, 0.6) is 0 Å². The number of hydrogen-bond acceptors (Lipinski definition) is 3. The largest absolute Gasteiger partial charge is 0.335 e. The van der Waals surface area contributed by atoms with E-state index in [4.69, 9.17) is 27.7 Å². The number of nitrogens with zero attached hydrogens (tertiary/aromatic N) is 1. The minimum Gasteiger partial charge on any atom is -0.335 e. The van der Waals surface area contributed by atoms with Gasteiger partial charge in [-0.1, -0.05) is 0 Å². The molecule has 84 valence electrons. The van der Waals surface area contributed by atoms with E-state index >= 15 is 0 Å². The lowest BCUT2D eigenvalue weighted by molar-refractivity contribution is 0.274. The second-order valence-electron chi connectivity index (χ2n) is 3.13. The summed E-state index contributed by atoms with van der Waals surface area (Å²) in [5, 5.41) is 3.35. The normalized spacial score (nSPS) is 28.2. The van der Waals surface area contributed by atoms with Gasteiger partial charge in [-0.05, 0) is 12.7 Å². The lowest BCUT2D eigenvalue weighted by Gasteiger charge is -2.39. The van der Waals surface area contributed by atoms with E-state index in [0.29, 0.717) is 11.8 Å². The molecule has 0 aliphatic carbocycles. The van der Waals surface area contributed by atoms with Crippen molar-refractivity contribution < 1.29 is 4.52 Å². The Bertz CT molecular complexity index is 200. The summed E-state index contributed by atoms with van der Waals surface area (Å²) in [5.74, 6) is 1.17. The molecule has 1 aliphatic rings. The van der Waals surface area contributed by atoms with Crippen LogP contribution in [0.1, 0.15) is 6.42 Å². The highest BCUT2D eigenvalue weighted by Crippen LogP contribution is 2.47. The molecule has 0 saturated carbocycles. The highest BCUT2D eigenvalue weighted by atomic mass is 35.5. The number of halogens is 2. The van der Waals surface area contributed by atoms with E-state index in [-0.39, 0.29) is 0 Å². The second-order valence-corrected chi connectivity index (χ2v) is 6.43. The van der Waals surface area contributed by atoms with Gasteiger partial charge < -0.3 is 4.52 Å². The van der Waals surface area contributed by atoms with Crippen LogP contribution in [0.25, 0.3) is 0 Å². The lowest BCUT2D eigenvalue weighted by atomic mass is 10.5. The Labute approximate surface area is 95.9 Å². The summed E-state index contributed by atoms with van der Waals surface area (Å²) in [6, 6.07) is 0. The molecule has 0 amide bonds. The molecule has 1 rings (SSSR count). The molecule has 1 heterocycles. The van der Waals surface area contributed by atoms with Crippen molar-refractivity contribution in [3.63, 3.8) is 0 Å². The maximum absolute atomic E-state index is 5.74. The zero-order valence-electron chi connectivity index (χ0n) is 8.22. The average Bonchev–Trinajstić information content (AvgIpc) is 2.19. The van der Waals surface area contributed by atoms with E-state index in [0.717, 1.165) is 32.7 Å². The Morgan fingerprint density at radius 1 is 1.36 bits per heavy atom. The van der Waals surface area contributed by atoms with Gasteiger partial charge in [0.05, 0.1) is 6.61 Å². The van der Waals surface area contributed by atoms with Gasteiger partial charge in [-0.2, -0.15) is 0 Å². The van der Waals surface area contributed by atoms with Crippen LogP contribution in [0.4, 0.5) is 0 Å². The fraction of sp³-hybridized carbons (Fsp3) is 0.875. The first-order valence-electron chi connectivity index (χ1n) is 4.73. The molecule has 0 spiro atoms. The Balaban J connectivity index is 2.58. The zero-order valence-corrected chi connectivity index (χ0v) is 10.6. The molecule has 14 heavy (non-hydrogen) atoms. The van der Waals surface area contributed by atoms with Crippen molar-refractivity contribution in [1.82, 2.24) is 9.76 Å². The summed E-state index contributed by atoms with van der Waals surface area (Å²) in [6.45, 7) is 3.31. The number of hydrogen-bond donors (Lipinski definition) is 1. The third-order valence-corrected chi connectivity index (χ3v) is 5.11. The van der Waals surface area contributed by atoms with Gasteiger partial charge in [-0.25, -0.2) is 4.67 Å². The minimum atomic E-state index is -1.84. The Morgan fingerprint density at radius 3 is 2.43 bits per heavy atom. The van der Waals surface area contributed by atoms with E-state index in [1.807, 2.05) is 0 Å². The molecule has 1 unspecified atom stereocenters. The monoisotopic (exact) mass is 258 g/mol. The molecule has 1 atom stereocenters. The van der Waals surface area contributed by atoms with Crippen LogP contribution in [0, 0.1) is 0 Å². The molecule has 0 aromatic rings. The maximum Gasteiger partial charge on any atom is 0.128 e. The molecule has 0 aromatic heterocycles. The number of nitrogens with one attached hydrogen (secondary N) is 1. The molecule has 3 nitrogen and oxygen atoms in total. The van der Waals surface area contributed by atoms with Crippen LogP contribution in [-0.2, 0) is 4.52 Å².